The normalized spacial score (nSPS) is 22.4. The summed E-state index contributed by atoms with van der Waals surface area (Å²) in [4.78, 5) is 34.0. The summed E-state index contributed by atoms with van der Waals surface area (Å²) in [5.41, 5.74) is 0. The second-order valence-corrected chi connectivity index (χ2v) is 8.78. The number of ether oxygens (including phenoxy) is 3. The molecule has 2 fully saturated rings. The molecule has 0 saturated carbocycles. The Balaban J connectivity index is 1.32. The summed E-state index contributed by atoms with van der Waals surface area (Å²) in [6.45, 7) is 4.81. The average molecular weight is 446 g/mol. The van der Waals surface area contributed by atoms with Crippen LogP contribution in [0, 0.1) is 0 Å². The van der Waals surface area contributed by atoms with E-state index >= 15 is 0 Å². The molecule has 0 aromatic rings. The van der Waals surface area contributed by atoms with E-state index in [9.17, 15) is 14.4 Å². The van der Waals surface area contributed by atoms with Gasteiger partial charge >= 0.3 is 6.03 Å². The second kappa shape index (κ2) is 14.6. The minimum absolute atomic E-state index is 0.0466. The highest BCUT2D eigenvalue weighted by molar-refractivity contribution is 8.00. The van der Waals surface area contributed by atoms with E-state index in [2.05, 4.69) is 16.0 Å². The smallest absolute Gasteiger partial charge is 0.315 e. The van der Waals surface area contributed by atoms with Crippen molar-refractivity contribution >= 4 is 29.5 Å². The predicted molar refractivity (Wildman–Crippen MR) is 115 cm³/mol. The third-order valence-corrected chi connectivity index (χ3v) is 6.50. The quantitative estimate of drug-likeness (QED) is 0.225. The first kappa shape index (κ1) is 24.9. The van der Waals surface area contributed by atoms with Gasteiger partial charge in [0, 0.05) is 30.4 Å². The van der Waals surface area contributed by atoms with E-state index in [-0.39, 0.29) is 29.8 Å². The maximum Gasteiger partial charge on any atom is 0.315 e. The van der Waals surface area contributed by atoms with Crippen LogP contribution in [0.25, 0.3) is 0 Å². The number of Topliss-reactive ketones (excluding diaryl/α,β-unsaturated/α-hetero) is 1. The summed E-state index contributed by atoms with van der Waals surface area (Å²) >= 11 is 1.90. The minimum atomic E-state index is -0.0568. The van der Waals surface area contributed by atoms with E-state index in [1.165, 1.54) is 0 Å². The van der Waals surface area contributed by atoms with Gasteiger partial charge in [-0.2, -0.15) is 11.8 Å². The van der Waals surface area contributed by atoms with Gasteiger partial charge < -0.3 is 30.2 Å². The molecule has 30 heavy (non-hydrogen) atoms. The molecule has 0 spiro atoms. The zero-order valence-corrected chi connectivity index (χ0v) is 18.6. The highest BCUT2D eigenvalue weighted by atomic mass is 32.2. The monoisotopic (exact) mass is 445 g/mol. The van der Waals surface area contributed by atoms with Crippen LogP contribution in [0.2, 0.25) is 0 Å². The van der Waals surface area contributed by atoms with Crippen molar-refractivity contribution in [3.63, 3.8) is 0 Å². The molecule has 2 heterocycles. The second-order valence-electron chi connectivity index (χ2n) is 7.51. The van der Waals surface area contributed by atoms with E-state index in [0.717, 1.165) is 25.0 Å². The molecule has 10 heteroatoms. The number of rotatable bonds is 17. The van der Waals surface area contributed by atoms with Crippen LogP contribution in [0.1, 0.15) is 39.0 Å². The van der Waals surface area contributed by atoms with Crippen molar-refractivity contribution < 1.29 is 28.6 Å². The minimum Gasteiger partial charge on any atom is -0.379 e. The fraction of sp³-hybridized carbons (Fsp3) is 0.850. The van der Waals surface area contributed by atoms with Crippen molar-refractivity contribution in [2.24, 2.45) is 0 Å². The number of urea groups is 1. The first-order valence-electron chi connectivity index (χ1n) is 10.7. The standard InChI is InChI=1S/C20H35N3O6S/c1-15(24)6-8-27-10-12-29-13-11-28-9-7-21-18(25)5-3-2-4-17-19-16(14-30-17)22-20(26)23-19/h16-17,19H,2-14H2,1H3,(H,21,25)(H2,22,23,26)/t16-,17-,19-/m0/s1. The maximum atomic E-state index is 11.9. The van der Waals surface area contributed by atoms with Crippen molar-refractivity contribution in [3.8, 4) is 0 Å². The number of hydrogen-bond donors (Lipinski definition) is 3. The lowest BCUT2D eigenvalue weighted by Crippen LogP contribution is -2.36. The Morgan fingerprint density at radius 1 is 1.00 bits per heavy atom. The summed E-state index contributed by atoms with van der Waals surface area (Å²) in [5, 5.41) is 9.24. The highest BCUT2D eigenvalue weighted by Crippen LogP contribution is 2.33. The van der Waals surface area contributed by atoms with Gasteiger partial charge in [-0.3, -0.25) is 9.59 Å². The largest absolute Gasteiger partial charge is 0.379 e. The van der Waals surface area contributed by atoms with Gasteiger partial charge in [0.05, 0.1) is 51.7 Å². The summed E-state index contributed by atoms with van der Waals surface area (Å²) < 4.78 is 16.0. The molecule has 2 saturated heterocycles. The number of fused-ring (bicyclic) bond motifs is 1. The van der Waals surface area contributed by atoms with E-state index in [1.807, 2.05) is 11.8 Å². The third-order valence-electron chi connectivity index (χ3n) is 4.99. The van der Waals surface area contributed by atoms with Crippen LogP contribution in [0.15, 0.2) is 0 Å². The van der Waals surface area contributed by atoms with E-state index in [1.54, 1.807) is 6.92 Å². The van der Waals surface area contributed by atoms with Crippen LogP contribution in [0.3, 0.4) is 0 Å². The van der Waals surface area contributed by atoms with Gasteiger partial charge in [-0.05, 0) is 19.8 Å². The molecule has 0 bridgehead atoms. The molecule has 9 nitrogen and oxygen atoms in total. The van der Waals surface area contributed by atoms with Crippen molar-refractivity contribution in [2.75, 3.05) is 51.9 Å². The highest BCUT2D eigenvalue weighted by Gasteiger charge is 2.42. The van der Waals surface area contributed by atoms with Gasteiger partial charge in [0.15, 0.2) is 0 Å². The lowest BCUT2D eigenvalue weighted by molar-refractivity contribution is -0.121. The van der Waals surface area contributed by atoms with Crippen molar-refractivity contribution in [2.45, 2.75) is 56.4 Å². The summed E-state index contributed by atoms with van der Waals surface area (Å²) in [5.74, 6) is 1.13. The third kappa shape index (κ3) is 10.1. The zero-order valence-electron chi connectivity index (χ0n) is 17.8. The number of nitrogens with one attached hydrogen (secondary N) is 3. The molecule has 2 rings (SSSR count). The number of unbranched alkanes of at least 4 members (excludes halogenated alkanes) is 1. The molecule has 3 amide bonds. The van der Waals surface area contributed by atoms with Crippen LogP contribution in [-0.4, -0.2) is 87.0 Å². The number of thioether (sulfide) groups is 1. The molecule has 0 aromatic carbocycles. The maximum absolute atomic E-state index is 11.9. The fourth-order valence-corrected chi connectivity index (χ4v) is 4.93. The molecule has 0 unspecified atom stereocenters. The lowest BCUT2D eigenvalue weighted by Gasteiger charge is -2.16. The Morgan fingerprint density at radius 3 is 2.43 bits per heavy atom. The van der Waals surface area contributed by atoms with Gasteiger partial charge in [0.1, 0.15) is 5.78 Å². The Kier molecular flexibility index (Phi) is 12.1. The van der Waals surface area contributed by atoms with Gasteiger partial charge in [0.2, 0.25) is 5.91 Å². The van der Waals surface area contributed by atoms with E-state index in [0.29, 0.717) is 64.3 Å². The molecule has 172 valence electrons. The van der Waals surface area contributed by atoms with E-state index in [4.69, 9.17) is 14.2 Å². The van der Waals surface area contributed by atoms with Gasteiger partial charge in [0.25, 0.3) is 0 Å². The molecule has 3 atom stereocenters. The van der Waals surface area contributed by atoms with Crippen LogP contribution < -0.4 is 16.0 Å². The molecule has 2 aliphatic heterocycles. The summed E-state index contributed by atoms with van der Waals surface area (Å²) in [6, 6.07) is 0.433. The van der Waals surface area contributed by atoms with Crippen molar-refractivity contribution in [1.82, 2.24) is 16.0 Å². The summed E-state index contributed by atoms with van der Waals surface area (Å²) in [6.07, 6.45) is 3.81. The summed E-state index contributed by atoms with van der Waals surface area (Å²) in [7, 11) is 0. The topological polar surface area (TPSA) is 115 Å². The van der Waals surface area contributed by atoms with E-state index < -0.39 is 0 Å². The Labute approximate surface area is 182 Å². The van der Waals surface area contributed by atoms with Crippen molar-refractivity contribution in [3.05, 3.63) is 0 Å². The zero-order chi connectivity index (χ0) is 21.6. The fourth-order valence-electron chi connectivity index (χ4n) is 3.38. The predicted octanol–water partition coefficient (Wildman–Crippen LogP) is 0.857. The molecular formula is C20H35N3O6S. The van der Waals surface area contributed by atoms with Crippen LogP contribution >= 0.6 is 11.8 Å². The average Bonchev–Trinajstić information content (AvgIpc) is 3.25. The first-order valence-corrected chi connectivity index (χ1v) is 11.8. The molecular weight excluding hydrogens is 410 g/mol. The number of carbonyl (C=O) groups excluding carboxylic acids is 3. The number of hydrogen-bond acceptors (Lipinski definition) is 7. The molecule has 2 aliphatic rings. The molecule has 3 N–H and O–H groups in total. The molecule has 0 aliphatic carbocycles. The Hall–Kier alpha value is -1.36. The van der Waals surface area contributed by atoms with Crippen LogP contribution in [0.4, 0.5) is 4.79 Å². The Morgan fingerprint density at radius 2 is 1.70 bits per heavy atom. The first-order chi connectivity index (χ1) is 14.6. The van der Waals surface area contributed by atoms with Gasteiger partial charge in [-0.1, -0.05) is 6.42 Å². The number of amides is 3. The van der Waals surface area contributed by atoms with Gasteiger partial charge in [-0.15, -0.1) is 0 Å². The number of carbonyl (C=O) groups is 3. The van der Waals surface area contributed by atoms with Crippen LogP contribution in [0.5, 0.6) is 0 Å². The Bertz CT molecular complexity index is 551. The lowest BCUT2D eigenvalue weighted by atomic mass is 10.0. The number of ketones is 1. The molecule has 0 aromatic heterocycles. The SMILES string of the molecule is CC(=O)CCOCCOCCOCCNC(=O)CCCC[C@@H]1SC[C@@H]2NC(=O)N[C@@H]21. The van der Waals surface area contributed by atoms with Crippen molar-refractivity contribution in [1.29, 1.82) is 0 Å². The van der Waals surface area contributed by atoms with Gasteiger partial charge in [-0.25, -0.2) is 4.79 Å². The molecule has 0 radical (unpaired) electrons. The van der Waals surface area contributed by atoms with Crippen LogP contribution in [-0.2, 0) is 23.8 Å².